The smallest absolute Gasteiger partial charge is 0.144 e. The molecule has 0 radical (unpaired) electrons. The highest BCUT2D eigenvalue weighted by molar-refractivity contribution is 6.22. The molecule has 74 valence electrons. The molecule has 14 heavy (non-hydrogen) atoms. The lowest BCUT2D eigenvalue weighted by Gasteiger charge is -2.26. The Morgan fingerprint density at radius 1 is 1.50 bits per heavy atom. The molecule has 1 heterocycles. The van der Waals surface area contributed by atoms with E-state index in [0.29, 0.717) is 0 Å². The minimum Gasteiger partial charge on any atom is -0.494 e. The summed E-state index contributed by atoms with van der Waals surface area (Å²) in [5.74, 6) is 0.762. The van der Waals surface area contributed by atoms with Crippen LogP contribution >= 0.6 is 11.6 Å². The maximum Gasteiger partial charge on any atom is 0.144 e. The molecule has 0 saturated carbocycles. The molecule has 1 atom stereocenters. The molecular formula is C10H11ClN2O. The Hall–Kier alpha value is -1.22. The first-order chi connectivity index (χ1) is 6.74. The third kappa shape index (κ3) is 1.34. The van der Waals surface area contributed by atoms with Crippen LogP contribution in [0.15, 0.2) is 23.2 Å². The zero-order valence-corrected chi connectivity index (χ0v) is 8.82. The van der Waals surface area contributed by atoms with E-state index in [1.54, 1.807) is 13.4 Å². The molecule has 1 aliphatic heterocycles. The fourth-order valence-electron chi connectivity index (χ4n) is 1.46. The van der Waals surface area contributed by atoms with Gasteiger partial charge in [-0.3, -0.25) is 0 Å². The average Bonchev–Trinajstić information content (AvgIpc) is 2.23. The fraction of sp³-hybridized carbons (Fsp3) is 0.300. The predicted octanol–water partition coefficient (Wildman–Crippen LogP) is 2.54. The number of nitrogens with zero attached hydrogens (tertiary/aromatic N) is 2. The van der Waals surface area contributed by atoms with E-state index >= 15 is 0 Å². The van der Waals surface area contributed by atoms with Gasteiger partial charge >= 0.3 is 0 Å². The molecule has 0 bridgehead atoms. The highest BCUT2D eigenvalue weighted by atomic mass is 35.5. The van der Waals surface area contributed by atoms with Crippen molar-refractivity contribution in [3.63, 3.8) is 0 Å². The molecule has 3 nitrogen and oxygen atoms in total. The lowest BCUT2D eigenvalue weighted by Crippen LogP contribution is -2.21. The molecule has 0 aliphatic carbocycles. The van der Waals surface area contributed by atoms with Crippen LogP contribution in [0.2, 0.25) is 0 Å². The van der Waals surface area contributed by atoms with Crippen LogP contribution in [0.5, 0.6) is 5.75 Å². The molecule has 1 aliphatic rings. The van der Waals surface area contributed by atoms with Gasteiger partial charge < -0.3 is 9.64 Å². The number of halogens is 1. The van der Waals surface area contributed by atoms with Crippen molar-refractivity contribution in [3.05, 3.63) is 23.8 Å². The van der Waals surface area contributed by atoms with Gasteiger partial charge in [-0.05, 0) is 6.07 Å². The summed E-state index contributed by atoms with van der Waals surface area (Å²) >= 11 is 6.21. The number of methoxy groups -OCH3 is 1. The molecule has 0 amide bonds. The van der Waals surface area contributed by atoms with E-state index < -0.39 is 0 Å². The average molecular weight is 211 g/mol. The van der Waals surface area contributed by atoms with Gasteiger partial charge in [0.15, 0.2) is 0 Å². The third-order valence-corrected chi connectivity index (χ3v) is 2.78. The number of alkyl halides is 1. The molecule has 1 aromatic carbocycles. The monoisotopic (exact) mass is 210 g/mol. The van der Waals surface area contributed by atoms with Crippen LogP contribution in [0.25, 0.3) is 0 Å². The summed E-state index contributed by atoms with van der Waals surface area (Å²) in [6, 6.07) is 5.76. The van der Waals surface area contributed by atoms with Crippen LogP contribution in [0.3, 0.4) is 0 Å². The van der Waals surface area contributed by atoms with E-state index in [4.69, 9.17) is 16.3 Å². The summed E-state index contributed by atoms with van der Waals surface area (Å²) in [6.07, 6.45) is 1.71. The summed E-state index contributed by atoms with van der Waals surface area (Å²) in [5.41, 5.74) is 1.64. The first kappa shape index (κ1) is 9.34. The second-order valence-electron chi connectivity index (χ2n) is 3.14. The molecule has 1 aromatic rings. The lowest BCUT2D eigenvalue weighted by molar-refractivity contribution is 0.412. The Balaban J connectivity index is 2.55. The fourth-order valence-corrected chi connectivity index (χ4v) is 1.69. The molecule has 2 rings (SSSR count). The second kappa shape index (κ2) is 3.50. The van der Waals surface area contributed by atoms with Crippen LogP contribution in [0.4, 0.5) is 5.69 Å². The summed E-state index contributed by atoms with van der Waals surface area (Å²) in [4.78, 5) is 6.14. The third-order valence-electron chi connectivity index (χ3n) is 2.23. The van der Waals surface area contributed by atoms with Gasteiger partial charge in [-0.2, -0.15) is 0 Å². The molecule has 0 N–H and O–H groups in total. The highest BCUT2D eigenvalue weighted by Gasteiger charge is 2.21. The van der Waals surface area contributed by atoms with E-state index in [9.17, 15) is 0 Å². The van der Waals surface area contributed by atoms with Gasteiger partial charge in [-0.1, -0.05) is 23.7 Å². The Bertz CT molecular complexity index is 378. The first-order valence-corrected chi connectivity index (χ1v) is 4.75. The van der Waals surface area contributed by atoms with Crippen molar-refractivity contribution in [1.82, 2.24) is 4.90 Å². The SMILES string of the molecule is COc1cccc2c1N=CN(C)C2Cl. The van der Waals surface area contributed by atoms with E-state index in [0.717, 1.165) is 17.0 Å². The predicted molar refractivity (Wildman–Crippen MR) is 57.5 cm³/mol. The number of benzene rings is 1. The summed E-state index contributed by atoms with van der Waals surface area (Å²) in [6.45, 7) is 0. The van der Waals surface area contributed by atoms with Gasteiger partial charge in [0.1, 0.15) is 16.9 Å². The molecule has 1 unspecified atom stereocenters. The number of rotatable bonds is 1. The standard InChI is InChI=1S/C10H11ClN2O/c1-13-6-12-9-7(10(13)11)4-3-5-8(9)14-2/h3-6,10H,1-2H3. The first-order valence-electron chi connectivity index (χ1n) is 4.31. The Labute approximate surface area is 88.0 Å². The number of hydrogen-bond acceptors (Lipinski definition) is 3. The normalized spacial score (nSPS) is 19.4. The largest absolute Gasteiger partial charge is 0.494 e. The molecule has 0 spiro atoms. The highest BCUT2D eigenvalue weighted by Crippen LogP contribution is 2.40. The lowest BCUT2D eigenvalue weighted by atomic mass is 10.1. The zero-order chi connectivity index (χ0) is 10.1. The topological polar surface area (TPSA) is 24.8 Å². The Morgan fingerprint density at radius 3 is 3.00 bits per heavy atom. The van der Waals surface area contributed by atoms with Gasteiger partial charge in [0.2, 0.25) is 0 Å². The summed E-state index contributed by atoms with van der Waals surface area (Å²) in [5, 5.41) is 0. The molecular weight excluding hydrogens is 200 g/mol. The summed E-state index contributed by atoms with van der Waals surface area (Å²) in [7, 11) is 3.52. The van der Waals surface area contributed by atoms with Crippen molar-refractivity contribution < 1.29 is 4.74 Å². The van der Waals surface area contributed by atoms with Gasteiger partial charge in [0.25, 0.3) is 0 Å². The maximum absolute atomic E-state index is 6.21. The van der Waals surface area contributed by atoms with Crippen LogP contribution in [-0.4, -0.2) is 25.4 Å². The van der Waals surface area contributed by atoms with Crippen molar-refractivity contribution in [2.24, 2.45) is 4.99 Å². The maximum atomic E-state index is 6.21. The van der Waals surface area contributed by atoms with Crippen molar-refractivity contribution in [2.45, 2.75) is 5.50 Å². The van der Waals surface area contributed by atoms with Crippen LogP contribution in [-0.2, 0) is 0 Å². The Kier molecular flexibility index (Phi) is 2.33. The quantitative estimate of drug-likeness (QED) is 0.526. The van der Waals surface area contributed by atoms with E-state index in [1.165, 1.54) is 0 Å². The van der Waals surface area contributed by atoms with Crippen LogP contribution < -0.4 is 4.74 Å². The summed E-state index contributed by atoms with van der Waals surface area (Å²) < 4.78 is 5.21. The number of aliphatic imine (C=N–C) groups is 1. The Morgan fingerprint density at radius 2 is 2.29 bits per heavy atom. The molecule has 0 fully saturated rings. The molecule has 0 aromatic heterocycles. The van der Waals surface area contributed by atoms with Gasteiger partial charge in [0, 0.05) is 12.6 Å². The van der Waals surface area contributed by atoms with E-state index in [1.807, 2.05) is 30.1 Å². The number of fused-ring (bicyclic) bond motifs is 1. The minimum absolute atomic E-state index is 0.169. The number of ether oxygens (including phenoxy) is 1. The van der Waals surface area contributed by atoms with Gasteiger partial charge in [-0.25, -0.2) is 4.99 Å². The number of hydrogen-bond donors (Lipinski definition) is 0. The van der Waals surface area contributed by atoms with Crippen LogP contribution in [0, 0.1) is 0 Å². The van der Waals surface area contributed by atoms with Crippen molar-refractivity contribution in [1.29, 1.82) is 0 Å². The van der Waals surface area contributed by atoms with Crippen molar-refractivity contribution in [2.75, 3.05) is 14.2 Å². The number of para-hydroxylation sites is 1. The van der Waals surface area contributed by atoms with Crippen molar-refractivity contribution in [3.8, 4) is 5.75 Å². The van der Waals surface area contributed by atoms with Crippen LogP contribution in [0.1, 0.15) is 11.1 Å². The van der Waals surface area contributed by atoms with Gasteiger partial charge in [-0.15, -0.1) is 0 Å². The molecule has 4 heteroatoms. The van der Waals surface area contributed by atoms with E-state index in [2.05, 4.69) is 4.99 Å². The minimum atomic E-state index is -0.169. The second-order valence-corrected chi connectivity index (χ2v) is 3.56. The van der Waals surface area contributed by atoms with E-state index in [-0.39, 0.29) is 5.50 Å². The van der Waals surface area contributed by atoms with Gasteiger partial charge in [0.05, 0.1) is 13.4 Å². The molecule has 0 saturated heterocycles. The van der Waals surface area contributed by atoms with Crippen molar-refractivity contribution >= 4 is 23.6 Å². The zero-order valence-electron chi connectivity index (χ0n) is 8.07.